The van der Waals surface area contributed by atoms with Crippen LogP contribution in [0, 0.1) is 0 Å². The number of rotatable bonds is 5. The molecule has 3 aromatic carbocycles. The first-order valence-corrected chi connectivity index (χ1v) is 11.1. The van der Waals surface area contributed by atoms with Crippen molar-refractivity contribution in [1.82, 2.24) is 20.4 Å². The van der Waals surface area contributed by atoms with E-state index < -0.39 is 0 Å². The molecule has 7 heteroatoms. The summed E-state index contributed by atoms with van der Waals surface area (Å²) in [5.41, 5.74) is 2.64. The lowest BCUT2D eigenvalue weighted by Gasteiger charge is -2.15. The lowest BCUT2D eigenvalue weighted by molar-refractivity contribution is 0.0938. The number of carbonyl (C=O) groups excluding carboxylic acids is 1. The van der Waals surface area contributed by atoms with E-state index in [-0.39, 0.29) is 18.0 Å². The summed E-state index contributed by atoms with van der Waals surface area (Å²) in [4.78, 5) is 21.6. The fourth-order valence-corrected chi connectivity index (χ4v) is 4.39. The maximum atomic E-state index is 12.7. The van der Waals surface area contributed by atoms with E-state index in [0.717, 1.165) is 29.6 Å². The molecule has 7 nitrogen and oxygen atoms in total. The first kappa shape index (κ1) is 21.2. The average Bonchev–Trinajstić information content (AvgIpc) is 3.45. The number of benzene rings is 3. The Bertz CT molecular complexity index is 1280. The molecule has 2 atom stereocenters. The molecule has 1 aliphatic rings. The molecule has 0 unspecified atom stereocenters. The van der Waals surface area contributed by atoms with E-state index in [2.05, 4.69) is 44.6 Å². The van der Waals surface area contributed by atoms with E-state index in [1.165, 1.54) is 5.39 Å². The van der Waals surface area contributed by atoms with Crippen molar-refractivity contribution >= 4 is 22.4 Å². The number of hydrogen-bond donors (Lipinski definition) is 1. The zero-order valence-electron chi connectivity index (χ0n) is 19.0. The van der Waals surface area contributed by atoms with Gasteiger partial charge in [-0.2, -0.15) is 4.98 Å². The van der Waals surface area contributed by atoms with Gasteiger partial charge in [0.25, 0.3) is 5.91 Å². The summed E-state index contributed by atoms with van der Waals surface area (Å²) in [5, 5.41) is 9.69. The molecule has 0 saturated carbocycles. The van der Waals surface area contributed by atoms with E-state index >= 15 is 0 Å². The Labute approximate surface area is 193 Å². The van der Waals surface area contributed by atoms with Crippen molar-refractivity contribution in [1.29, 1.82) is 0 Å². The summed E-state index contributed by atoms with van der Waals surface area (Å²) in [5.74, 6) is 1.09. The minimum Gasteiger partial charge on any atom is -0.378 e. The first-order chi connectivity index (χ1) is 16.0. The van der Waals surface area contributed by atoms with E-state index in [1.54, 1.807) is 0 Å². The number of fused-ring (bicyclic) bond motifs is 1. The van der Waals surface area contributed by atoms with Gasteiger partial charge in [0.15, 0.2) is 0 Å². The molecular formula is C26H27N5O2. The van der Waals surface area contributed by atoms with Crippen LogP contribution in [-0.2, 0) is 0 Å². The van der Waals surface area contributed by atoms with Crippen LogP contribution in [0.4, 0.5) is 5.69 Å². The molecule has 1 fully saturated rings. The Kier molecular flexibility index (Phi) is 5.56. The monoisotopic (exact) mass is 441 g/mol. The number of likely N-dealkylation sites (tertiary alicyclic amines) is 1. The van der Waals surface area contributed by atoms with Gasteiger partial charge < -0.3 is 14.7 Å². The minimum atomic E-state index is -0.0678. The third-order valence-corrected chi connectivity index (χ3v) is 6.26. The smallest absolute Gasteiger partial charge is 0.251 e. The molecule has 0 bridgehead atoms. The summed E-state index contributed by atoms with van der Waals surface area (Å²) in [7, 11) is 5.97. The number of anilines is 1. The van der Waals surface area contributed by atoms with Crippen molar-refractivity contribution in [2.75, 3.05) is 32.6 Å². The molecule has 5 rings (SSSR count). The van der Waals surface area contributed by atoms with Crippen LogP contribution in [0.25, 0.3) is 22.2 Å². The maximum Gasteiger partial charge on any atom is 0.251 e. The summed E-state index contributed by atoms with van der Waals surface area (Å²) in [6, 6.07) is 22.0. The van der Waals surface area contributed by atoms with Crippen molar-refractivity contribution in [3.05, 3.63) is 78.2 Å². The highest BCUT2D eigenvalue weighted by Crippen LogP contribution is 2.31. The van der Waals surface area contributed by atoms with Crippen LogP contribution < -0.4 is 10.2 Å². The van der Waals surface area contributed by atoms with Crippen molar-refractivity contribution in [2.24, 2.45) is 0 Å². The van der Waals surface area contributed by atoms with Gasteiger partial charge in [0.1, 0.15) is 0 Å². The summed E-state index contributed by atoms with van der Waals surface area (Å²) in [6.07, 6.45) is 0.720. The molecular weight excluding hydrogens is 414 g/mol. The van der Waals surface area contributed by atoms with Crippen molar-refractivity contribution in [3.8, 4) is 11.4 Å². The molecule has 0 radical (unpaired) electrons. The fraction of sp³-hybridized carbons (Fsp3) is 0.269. The van der Waals surface area contributed by atoms with Gasteiger partial charge in [-0.05, 0) is 54.6 Å². The molecule has 168 valence electrons. The summed E-state index contributed by atoms with van der Waals surface area (Å²) < 4.78 is 5.64. The van der Waals surface area contributed by atoms with Crippen LogP contribution in [0.1, 0.15) is 28.7 Å². The van der Waals surface area contributed by atoms with Gasteiger partial charge in [-0.1, -0.05) is 41.6 Å². The number of carbonyl (C=O) groups is 1. The first-order valence-electron chi connectivity index (χ1n) is 11.1. The molecule has 2 heterocycles. The third-order valence-electron chi connectivity index (χ3n) is 6.26. The van der Waals surface area contributed by atoms with Crippen LogP contribution in [0.2, 0.25) is 0 Å². The van der Waals surface area contributed by atoms with Crippen LogP contribution >= 0.6 is 0 Å². The fourth-order valence-electron chi connectivity index (χ4n) is 4.39. The second-order valence-electron chi connectivity index (χ2n) is 8.82. The SMILES string of the molecule is CN(C)c1ccc(C(=O)N[C@H]2C[C@@H](c3nc(-c4ccc5ccccc5c4)no3)N(C)C2)cc1. The zero-order valence-corrected chi connectivity index (χ0v) is 19.0. The molecule has 1 amide bonds. The van der Waals surface area contributed by atoms with Crippen molar-refractivity contribution in [3.63, 3.8) is 0 Å². The largest absolute Gasteiger partial charge is 0.378 e. The predicted molar refractivity (Wildman–Crippen MR) is 129 cm³/mol. The zero-order chi connectivity index (χ0) is 22.9. The van der Waals surface area contributed by atoms with Gasteiger partial charge in [0.2, 0.25) is 11.7 Å². The van der Waals surface area contributed by atoms with Gasteiger partial charge in [-0.25, -0.2) is 0 Å². The second kappa shape index (κ2) is 8.67. The topological polar surface area (TPSA) is 74.5 Å². The van der Waals surface area contributed by atoms with Crippen LogP contribution in [0.15, 0.2) is 71.3 Å². The van der Waals surface area contributed by atoms with Crippen LogP contribution in [-0.4, -0.2) is 54.7 Å². The molecule has 33 heavy (non-hydrogen) atoms. The quantitative estimate of drug-likeness (QED) is 0.502. The van der Waals surface area contributed by atoms with Gasteiger partial charge >= 0.3 is 0 Å². The van der Waals surface area contributed by atoms with Gasteiger partial charge in [0.05, 0.1) is 6.04 Å². The Hall–Kier alpha value is -3.71. The molecule has 1 saturated heterocycles. The number of nitrogens with one attached hydrogen (secondary N) is 1. The van der Waals surface area contributed by atoms with Crippen molar-refractivity contribution in [2.45, 2.75) is 18.5 Å². The highest BCUT2D eigenvalue weighted by Gasteiger charge is 2.35. The highest BCUT2D eigenvalue weighted by molar-refractivity contribution is 5.94. The van der Waals surface area contributed by atoms with Crippen LogP contribution in [0.3, 0.4) is 0 Å². The number of aromatic nitrogens is 2. The third kappa shape index (κ3) is 4.32. The van der Waals surface area contributed by atoms with Crippen LogP contribution in [0.5, 0.6) is 0 Å². The summed E-state index contributed by atoms with van der Waals surface area (Å²) >= 11 is 0. The summed E-state index contributed by atoms with van der Waals surface area (Å²) in [6.45, 7) is 0.722. The number of amides is 1. The van der Waals surface area contributed by atoms with E-state index in [0.29, 0.717) is 17.3 Å². The molecule has 1 aromatic heterocycles. The molecule has 1 aliphatic heterocycles. The Morgan fingerprint density at radius 1 is 1.06 bits per heavy atom. The molecule has 0 aliphatic carbocycles. The lowest BCUT2D eigenvalue weighted by Crippen LogP contribution is -2.36. The Morgan fingerprint density at radius 3 is 2.58 bits per heavy atom. The Morgan fingerprint density at radius 2 is 1.82 bits per heavy atom. The predicted octanol–water partition coefficient (Wildman–Crippen LogP) is 4.13. The molecule has 4 aromatic rings. The molecule has 0 spiro atoms. The molecule has 1 N–H and O–H groups in total. The van der Waals surface area contributed by atoms with Gasteiger partial charge in [-0.3, -0.25) is 9.69 Å². The standard InChI is InChI=1S/C26H27N5O2/c1-30(2)22-12-10-18(11-13-22)25(32)27-21-15-23(31(3)16-21)26-28-24(29-33-26)20-9-8-17-6-4-5-7-19(17)14-20/h4-14,21,23H,15-16H2,1-3H3,(H,27,32)/t21-,23-/m0/s1. The Balaban J connectivity index is 1.27. The maximum absolute atomic E-state index is 12.7. The average molecular weight is 442 g/mol. The van der Waals surface area contributed by atoms with E-state index in [9.17, 15) is 4.79 Å². The second-order valence-corrected chi connectivity index (χ2v) is 8.82. The van der Waals surface area contributed by atoms with E-state index in [1.807, 2.05) is 68.5 Å². The minimum absolute atomic E-state index is 0.0112. The number of likely N-dealkylation sites (N-methyl/N-ethyl adjacent to an activating group) is 1. The number of hydrogen-bond acceptors (Lipinski definition) is 6. The van der Waals surface area contributed by atoms with Gasteiger partial charge in [0, 0.05) is 43.5 Å². The highest BCUT2D eigenvalue weighted by atomic mass is 16.5. The normalized spacial score (nSPS) is 18.5. The number of nitrogens with zero attached hydrogens (tertiary/aromatic N) is 4. The van der Waals surface area contributed by atoms with Gasteiger partial charge in [-0.15, -0.1) is 0 Å². The van der Waals surface area contributed by atoms with E-state index in [4.69, 9.17) is 4.52 Å². The van der Waals surface area contributed by atoms with Crippen molar-refractivity contribution < 1.29 is 9.32 Å². The lowest BCUT2D eigenvalue weighted by atomic mass is 10.1.